The average Bonchev–Trinajstić information content (AvgIpc) is 2.22. The zero-order valence-electron chi connectivity index (χ0n) is 8.98. The van der Waals surface area contributed by atoms with E-state index in [0.717, 1.165) is 0 Å². The van der Waals surface area contributed by atoms with Crippen LogP contribution in [0.3, 0.4) is 0 Å². The Bertz CT molecular complexity index is 278. The molecule has 0 unspecified atom stereocenters. The number of benzene rings is 1. The maximum Gasteiger partial charge on any atom is -0.0260 e. The normalized spacial score (nSPS) is 9.86. The Morgan fingerprint density at radius 3 is 2.00 bits per heavy atom. The summed E-state index contributed by atoms with van der Waals surface area (Å²) in [6.07, 6.45) is 9.70. The summed E-state index contributed by atoms with van der Waals surface area (Å²) >= 11 is 0. The summed E-state index contributed by atoms with van der Waals surface area (Å²) < 4.78 is 0. The van der Waals surface area contributed by atoms with Crippen LogP contribution in [0.15, 0.2) is 61.2 Å². The molecule has 0 fully saturated rings. The van der Waals surface area contributed by atoms with Gasteiger partial charge in [0.05, 0.1) is 0 Å². The minimum Gasteiger partial charge on any atom is -0.0991 e. The summed E-state index contributed by atoms with van der Waals surface area (Å²) in [4.78, 5) is 0. The lowest BCUT2D eigenvalue weighted by Gasteiger charge is -1.86. The minimum absolute atomic E-state index is 1.26. The molecule has 0 heteroatoms. The Kier molecular flexibility index (Phi) is 8.47. The smallest absolute Gasteiger partial charge is 0.0260 e. The van der Waals surface area contributed by atoms with E-state index in [2.05, 4.69) is 24.8 Å². The van der Waals surface area contributed by atoms with Crippen molar-refractivity contribution >= 4 is 6.08 Å². The minimum atomic E-state index is 1.26. The molecule has 0 atom stereocenters. The first-order valence-corrected chi connectivity index (χ1v) is 4.76. The first-order valence-electron chi connectivity index (χ1n) is 4.76. The number of hydrogen-bond donors (Lipinski definition) is 0. The highest BCUT2D eigenvalue weighted by molar-refractivity contribution is 5.47. The fraction of sp³-hybridized carbons (Fsp3) is 0.143. The largest absolute Gasteiger partial charge is 0.0991 e. The zero-order valence-corrected chi connectivity index (χ0v) is 8.98. The Balaban J connectivity index is 0.000000292. The van der Waals surface area contributed by atoms with Gasteiger partial charge in [-0.05, 0) is 19.4 Å². The molecule has 0 bridgehead atoms. The molecule has 1 rings (SSSR count). The summed E-state index contributed by atoms with van der Waals surface area (Å²) in [7, 11) is 0. The highest BCUT2D eigenvalue weighted by Gasteiger charge is 1.77. The zero-order chi connectivity index (χ0) is 10.6. The van der Waals surface area contributed by atoms with Crippen molar-refractivity contribution in [1.82, 2.24) is 0 Å². The molecule has 0 nitrogen and oxygen atoms in total. The van der Waals surface area contributed by atoms with Gasteiger partial charge < -0.3 is 0 Å². The van der Waals surface area contributed by atoms with Crippen LogP contribution in [0, 0.1) is 0 Å². The van der Waals surface area contributed by atoms with Crippen LogP contribution in [0.4, 0.5) is 0 Å². The highest BCUT2D eigenvalue weighted by atomic mass is 13.8. The molecule has 0 aliphatic carbocycles. The van der Waals surface area contributed by atoms with Gasteiger partial charge >= 0.3 is 0 Å². The molecule has 0 heterocycles. The average molecular weight is 186 g/mol. The molecule has 0 spiro atoms. The second-order valence-corrected chi connectivity index (χ2v) is 2.67. The maximum absolute atomic E-state index is 3.46. The monoisotopic (exact) mass is 186 g/mol. The summed E-state index contributed by atoms with van der Waals surface area (Å²) in [5.74, 6) is 0. The fourth-order valence-electron chi connectivity index (χ4n) is 0.893. The van der Waals surface area contributed by atoms with E-state index in [1.807, 2.05) is 50.3 Å². The van der Waals surface area contributed by atoms with Crippen LogP contribution in [0.1, 0.15) is 19.4 Å². The van der Waals surface area contributed by atoms with Crippen molar-refractivity contribution < 1.29 is 0 Å². The third-order valence-electron chi connectivity index (χ3n) is 1.49. The van der Waals surface area contributed by atoms with E-state index in [0.29, 0.717) is 0 Å². The van der Waals surface area contributed by atoms with Gasteiger partial charge in [-0.3, -0.25) is 0 Å². The molecule has 74 valence electrons. The third-order valence-corrected chi connectivity index (χ3v) is 1.49. The van der Waals surface area contributed by atoms with Crippen molar-refractivity contribution in [2.75, 3.05) is 0 Å². The second-order valence-electron chi connectivity index (χ2n) is 2.67. The van der Waals surface area contributed by atoms with E-state index in [1.54, 1.807) is 6.08 Å². The van der Waals surface area contributed by atoms with Crippen LogP contribution in [0.5, 0.6) is 0 Å². The first-order chi connectivity index (χ1) is 6.85. The van der Waals surface area contributed by atoms with E-state index in [-0.39, 0.29) is 0 Å². The van der Waals surface area contributed by atoms with Crippen LogP contribution < -0.4 is 0 Å². The SMILES string of the molecule is C=CC=CC.CC=Cc1ccccc1. The quantitative estimate of drug-likeness (QED) is 0.598. The molecule has 1 aromatic rings. The van der Waals surface area contributed by atoms with E-state index < -0.39 is 0 Å². The lowest BCUT2D eigenvalue weighted by Crippen LogP contribution is -1.65. The molecule has 1 aromatic carbocycles. The van der Waals surface area contributed by atoms with Gasteiger partial charge in [0.1, 0.15) is 0 Å². The van der Waals surface area contributed by atoms with Gasteiger partial charge in [-0.25, -0.2) is 0 Å². The van der Waals surface area contributed by atoms with Gasteiger partial charge in [0.15, 0.2) is 0 Å². The Hall–Kier alpha value is -1.56. The molecule has 0 radical (unpaired) electrons. The van der Waals surface area contributed by atoms with Crippen LogP contribution in [0.2, 0.25) is 0 Å². The fourth-order valence-corrected chi connectivity index (χ4v) is 0.893. The molecule has 0 saturated heterocycles. The van der Waals surface area contributed by atoms with Gasteiger partial charge in [0, 0.05) is 0 Å². The lowest BCUT2D eigenvalue weighted by molar-refractivity contribution is 1.64. The number of hydrogen-bond acceptors (Lipinski definition) is 0. The van der Waals surface area contributed by atoms with Gasteiger partial charge in [-0.1, -0.05) is 67.3 Å². The molecular formula is C14H18. The Morgan fingerprint density at radius 1 is 1.00 bits per heavy atom. The van der Waals surface area contributed by atoms with E-state index in [1.165, 1.54) is 5.56 Å². The molecular weight excluding hydrogens is 168 g/mol. The van der Waals surface area contributed by atoms with Crippen LogP contribution in [0.25, 0.3) is 6.08 Å². The Labute approximate surface area is 87.3 Å². The van der Waals surface area contributed by atoms with E-state index in [9.17, 15) is 0 Å². The van der Waals surface area contributed by atoms with Crippen LogP contribution in [-0.4, -0.2) is 0 Å². The van der Waals surface area contributed by atoms with E-state index in [4.69, 9.17) is 0 Å². The molecule has 0 aliphatic heterocycles. The molecule has 0 saturated carbocycles. The van der Waals surface area contributed by atoms with E-state index >= 15 is 0 Å². The standard InChI is InChI=1S/C9H10.C5H8/c1-2-6-9-7-4-3-5-8-9;1-3-5-4-2/h2-8H,1H3;3-5H,1H2,2H3. The number of rotatable bonds is 2. The number of allylic oxidation sites excluding steroid dienone is 4. The van der Waals surface area contributed by atoms with Crippen molar-refractivity contribution in [3.63, 3.8) is 0 Å². The van der Waals surface area contributed by atoms with Crippen molar-refractivity contribution in [2.24, 2.45) is 0 Å². The van der Waals surface area contributed by atoms with Crippen molar-refractivity contribution in [2.45, 2.75) is 13.8 Å². The molecule has 14 heavy (non-hydrogen) atoms. The maximum atomic E-state index is 3.46. The Morgan fingerprint density at radius 2 is 1.64 bits per heavy atom. The van der Waals surface area contributed by atoms with Crippen molar-refractivity contribution in [3.05, 3.63) is 66.8 Å². The van der Waals surface area contributed by atoms with Crippen LogP contribution >= 0.6 is 0 Å². The molecule has 0 aromatic heterocycles. The topological polar surface area (TPSA) is 0 Å². The summed E-state index contributed by atoms with van der Waals surface area (Å²) in [5, 5.41) is 0. The predicted molar refractivity (Wildman–Crippen MR) is 66.2 cm³/mol. The molecule has 0 amide bonds. The second kappa shape index (κ2) is 9.53. The molecule has 0 N–H and O–H groups in total. The summed E-state index contributed by atoms with van der Waals surface area (Å²) in [6, 6.07) is 10.3. The summed E-state index contributed by atoms with van der Waals surface area (Å²) in [5.41, 5.74) is 1.26. The van der Waals surface area contributed by atoms with Crippen molar-refractivity contribution in [1.29, 1.82) is 0 Å². The third kappa shape index (κ3) is 7.11. The van der Waals surface area contributed by atoms with Gasteiger partial charge in [0.25, 0.3) is 0 Å². The summed E-state index contributed by atoms with van der Waals surface area (Å²) in [6.45, 7) is 7.44. The van der Waals surface area contributed by atoms with Crippen molar-refractivity contribution in [3.8, 4) is 0 Å². The predicted octanol–water partition coefficient (Wildman–Crippen LogP) is 4.47. The lowest BCUT2D eigenvalue weighted by atomic mass is 10.2. The van der Waals surface area contributed by atoms with Gasteiger partial charge in [-0.2, -0.15) is 0 Å². The van der Waals surface area contributed by atoms with Crippen LogP contribution in [-0.2, 0) is 0 Å². The highest BCUT2D eigenvalue weighted by Crippen LogP contribution is 1.99. The van der Waals surface area contributed by atoms with Gasteiger partial charge in [-0.15, -0.1) is 0 Å². The first kappa shape index (κ1) is 12.4. The molecule has 0 aliphatic rings. The van der Waals surface area contributed by atoms with Gasteiger partial charge in [0.2, 0.25) is 0 Å².